The van der Waals surface area contributed by atoms with Gasteiger partial charge in [0.25, 0.3) is 0 Å². The molecule has 80 valence electrons. The Bertz CT molecular complexity index is 529. The van der Waals surface area contributed by atoms with Crippen LogP contribution in [0.1, 0.15) is 30.9 Å². The van der Waals surface area contributed by atoms with E-state index < -0.39 is 0 Å². The van der Waals surface area contributed by atoms with Crippen LogP contribution in [0.4, 0.5) is 0 Å². The average molecular weight is 208 g/mol. The molecule has 0 radical (unpaired) electrons. The van der Waals surface area contributed by atoms with Gasteiger partial charge in [-0.05, 0) is 41.3 Å². The topological polar surface area (TPSA) is 0 Å². The molecular weight excluding hydrogens is 192 g/mol. The molecule has 0 aliphatic rings. The predicted octanol–water partition coefficient (Wildman–Crippen LogP) is 4.16. The lowest BCUT2D eigenvalue weighted by molar-refractivity contribution is 0.796. The molecule has 16 heavy (non-hydrogen) atoms. The molecule has 0 amide bonds. The summed E-state index contributed by atoms with van der Waals surface area (Å²) in [6.45, 7) is 2.22. The van der Waals surface area contributed by atoms with Crippen molar-refractivity contribution in [1.29, 1.82) is 0 Å². The zero-order chi connectivity index (χ0) is 11.4. The monoisotopic (exact) mass is 208 g/mol. The Hall–Kier alpha value is -1.74. The fraction of sp³-hybridized carbons (Fsp3) is 0.250. The van der Waals surface area contributed by atoms with Gasteiger partial charge in [-0.3, -0.25) is 0 Å². The number of benzene rings is 2. The summed E-state index contributed by atoms with van der Waals surface area (Å²) in [5, 5.41) is 2.52. The van der Waals surface area contributed by atoms with Gasteiger partial charge in [0.1, 0.15) is 0 Å². The van der Waals surface area contributed by atoms with Crippen molar-refractivity contribution in [3.8, 4) is 12.3 Å². The molecule has 0 aliphatic carbocycles. The molecule has 2 aromatic carbocycles. The molecule has 0 aromatic heterocycles. The number of unbranched alkanes of at least 4 members (excludes halogenated alkanes) is 1. The summed E-state index contributed by atoms with van der Waals surface area (Å²) >= 11 is 0. The minimum absolute atomic E-state index is 0.953. The molecule has 0 N–H and O–H groups in total. The minimum atomic E-state index is 0.953. The lowest BCUT2D eigenvalue weighted by Gasteiger charge is -2.03. The predicted molar refractivity (Wildman–Crippen MR) is 70.5 cm³/mol. The zero-order valence-electron chi connectivity index (χ0n) is 9.66. The molecule has 0 nitrogen and oxygen atoms in total. The Morgan fingerprint density at radius 3 is 2.56 bits per heavy atom. The summed E-state index contributed by atoms with van der Waals surface area (Å²) in [7, 11) is 0. The Kier molecular flexibility index (Phi) is 3.27. The highest BCUT2D eigenvalue weighted by Gasteiger charge is 1.97. The van der Waals surface area contributed by atoms with Crippen molar-refractivity contribution < 1.29 is 0 Å². The highest BCUT2D eigenvalue weighted by Crippen LogP contribution is 2.18. The smallest absolute Gasteiger partial charge is 0.0248 e. The maximum Gasteiger partial charge on any atom is 0.0248 e. The minimum Gasteiger partial charge on any atom is -0.115 e. The molecule has 0 saturated heterocycles. The van der Waals surface area contributed by atoms with Crippen molar-refractivity contribution in [3.05, 3.63) is 47.5 Å². The molecule has 0 bridgehead atoms. The van der Waals surface area contributed by atoms with Crippen LogP contribution in [-0.2, 0) is 6.42 Å². The van der Waals surface area contributed by atoms with E-state index in [1.165, 1.54) is 35.6 Å². The van der Waals surface area contributed by atoms with Gasteiger partial charge in [-0.2, -0.15) is 0 Å². The Labute approximate surface area is 97.3 Å². The third-order valence-corrected chi connectivity index (χ3v) is 2.89. The van der Waals surface area contributed by atoms with Crippen LogP contribution >= 0.6 is 0 Å². The normalized spacial score (nSPS) is 10.2. The standard InChI is InChI=1S/C16H16/c1-3-5-6-14-8-10-15-11-13(4-2)7-9-16(15)12-14/h2,7-12H,3,5-6H2,1H3. The van der Waals surface area contributed by atoms with E-state index in [9.17, 15) is 0 Å². The van der Waals surface area contributed by atoms with Crippen LogP contribution in [0.15, 0.2) is 36.4 Å². The van der Waals surface area contributed by atoms with E-state index in [1.807, 2.05) is 6.07 Å². The highest BCUT2D eigenvalue weighted by molar-refractivity contribution is 5.84. The summed E-state index contributed by atoms with van der Waals surface area (Å²) in [6, 6.07) is 12.8. The molecule has 0 spiro atoms. The highest BCUT2D eigenvalue weighted by atomic mass is 14.0. The van der Waals surface area contributed by atoms with Gasteiger partial charge in [0.2, 0.25) is 0 Å². The van der Waals surface area contributed by atoms with Gasteiger partial charge in [0.05, 0.1) is 0 Å². The molecule has 0 heterocycles. The SMILES string of the molecule is C#Cc1ccc2cc(CCCC)ccc2c1. The van der Waals surface area contributed by atoms with Gasteiger partial charge in [-0.1, -0.05) is 43.5 Å². The first-order valence-electron chi connectivity index (χ1n) is 5.83. The second kappa shape index (κ2) is 4.86. The number of rotatable bonds is 3. The Balaban J connectivity index is 2.37. The van der Waals surface area contributed by atoms with Crippen LogP contribution < -0.4 is 0 Å². The fourth-order valence-electron chi connectivity index (χ4n) is 1.92. The van der Waals surface area contributed by atoms with Crippen molar-refractivity contribution >= 4 is 10.8 Å². The lowest BCUT2D eigenvalue weighted by atomic mass is 10.0. The average Bonchev–Trinajstić information content (AvgIpc) is 2.35. The van der Waals surface area contributed by atoms with Gasteiger partial charge in [0.15, 0.2) is 0 Å². The van der Waals surface area contributed by atoms with Gasteiger partial charge in [0, 0.05) is 5.56 Å². The number of terminal acetylenes is 1. The largest absolute Gasteiger partial charge is 0.115 e. The quantitative estimate of drug-likeness (QED) is 0.664. The summed E-state index contributed by atoms with van der Waals surface area (Å²) in [5.74, 6) is 2.67. The molecule has 0 fully saturated rings. The van der Waals surface area contributed by atoms with Gasteiger partial charge >= 0.3 is 0 Å². The van der Waals surface area contributed by atoms with E-state index >= 15 is 0 Å². The summed E-state index contributed by atoms with van der Waals surface area (Å²) in [6.07, 6.45) is 9.06. The molecule has 2 aromatic rings. The molecule has 0 heteroatoms. The van der Waals surface area contributed by atoms with E-state index in [1.54, 1.807) is 0 Å². The maximum absolute atomic E-state index is 5.39. The first kappa shape index (κ1) is 10.8. The van der Waals surface area contributed by atoms with Crippen molar-refractivity contribution in [2.75, 3.05) is 0 Å². The van der Waals surface area contributed by atoms with Crippen molar-refractivity contribution in [1.82, 2.24) is 0 Å². The van der Waals surface area contributed by atoms with Crippen LogP contribution in [0.5, 0.6) is 0 Å². The van der Waals surface area contributed by atoms with Gasteiger partial charge < -0.3 is 0 Å². The van der Waals surface area contributed by atoms with Crippen molar-refractivity contribution in [2.45, 2.75) is 26.2 Å². The van der Waals surface area contributed by atoms with E-state index in [-0.39, 0.29) is 0 Å². The van der Waals surface area contributed by atoms with Gasteiger partial charge in [-0.25, -0.2) is 0 Å². The summed E-state index contributed by atoms with van der Waals surface area (Å²) in [5.41, 5.74) is 2.37. The molecule has 0 atom stereocenters. The van der Waals surface area contributed by atoms with Crippen molar-refractivity contribution in [3.63, 3.8) is 0 Å². The molecule has 0 unspecified atom stereocenters. The van der Waals surface area contributed by atoms with Crippen molar-refractivity contribution in [2.24, 2.45) is 0 Å². The molecule has 0 saturated carbocycles. The zero-order valence-corrected chi connectivity index (χ0v) is 9.66. The number of fused-ring (bicyclic) bond motifs is 1. The lowest BCUT2D eigenvalue weighted by Crippen LogP contribution is -1.85. The van der Waals surface area contributed by atoms with E-state index in [0.29, 0.717) is 0 Å². The van der Waals surface area contributed by atoms with Crippen LogP contribution in [0.2, 0.25) is 0 Å². The number of hydrogen-bond acceptors (Lipinski definition) is 0. The van der Waals surface area contributed by atoms with E-state index in [4.69, 9.17) is 6.42 Å². The first-order valence-corrected chi connectivity index (χ1v) is 5.83. The van der Waals surface area contributed by atoms with Gasteiger partial charge in [-0.15, -0.1) is 6.42 Å². The fourth-order valence-corrected chi connectivity index (χ4v) is 1.92. The number of hydrogen-bond donors (Lipinski definition) is 0. The van der Waals surface area contributed by atoms with Crippen LogP contribution in [0.25, 0.3) is 10.8 Å². The van der Waals surface area contributed by atoms with Crippen LogP contribution in [-0.4, -0.2) is 0 Å². The van der Waals surface area contributed by atoms with E-state index in [2.05, 4.69) is 43.2 Å². The number of aryl methyl sites for hydroxylation is 1. The van der Waals surface area contributed by atoms with Crippen LogP contribution in [0.3, 0.4) is 0 Å². The summed E-state index contributed by atoms with van der Waals surface area (Å²) < 4.78 is 0. The first-order chi connectivity index (χ1) is 7.83. The third kappa shape index (κ3) is 2.25. The maximum atomic E-state index is 5.39. The van der Waals surface area contributed by atoms with E-state index in [0.717, 1.165) is 5.56 Å². The molecular formula is C16H16. The second-order valence-electron chi connectivity index (χ2n) is 4.14. The molecule has 0 aliphatic heterocycles. The molecule has 2 rings (SSSR count). The second-order valence-corrected chi connectivity index (χ2v) is 4.14. The summed E-state index contributed by atoms with van der Waals surface area (Å²) in [4.78, 5) is 0. The Morgan fingerprint density at radius 1 is 1.06 bits per heavy atom. The Morgan fingerprint density at radius 2 is 1.81 bits per heavy atom. The third-order valence-electron chi connectivity index (χ3n) is 2.89. The van der Waals surface area contributed by atoms with Crippen LogP contribution in [0, 0.1) is 12.3 Å².